The minimum atomic E-state index is -1.17. The number of benzene rings is 1. The van der Waals surface area contributed by atoms with Gasteiger partial charge >= 0.3 is 5.97 Å². The van der Waals surface area contributed by atoms with Crippen LogP contribution in [0.2, 0.25) is 0 Å². The van der Waals surface area contributed by atoms with Crippen molar-refractivity contribution in [2.24, 2.45) is 5.73 Å². The number of hydrogen-bond acceptors (Lipinski definition) is 3. The van der Waals surface area contributed by atoms with Gasteiger partial charge in [0.2, 0.25) is 0 Å². The fraction of sp³-hybridized carbons (Fsp3) is 0.222. The maximum Gasteiger partial charge on any atom is 0.325 e. The van der Waals surface area contributed by atoms with Gasteiger partial charge in [0.25, 0.3) is 0 Å². The van der Waals surface area contributed by atoms with Gasteiger partial charge in [-0.25, -0.2) is 0 Å². The van der Waals surface area contributed by atoms with Crippen LogP contribution in [0.4, 0.5) is 0 Å². The SMILES string of the molecule is Cc1cccc(C(N)C(=O)O)c1O. The van der Waals surface area contributed by atoms with E-state index in [-0.39, 0.29) is 11.3 Å². The lowest BCUT2D eigenvalue weighted by molar-refractivity contribution is -0.138. The molecule has 0 heterocycles. The largest absolute Gasteiger partial charge is 0.507 e. The molecule has 0 saturated carbocycles. The summed E-state index contributed by atoms with van der Waals surface area (Å²) in [5.74, 6) is -1.20. The number of phenols is 1. The molecule has 4 N–H and O–H groups in total. The third-order valence-corrected chi connectivity index (χ3v) is 1.87. The van der Waals surface area contributed by atoms with Gasteiger partial charge in [-0.1, -0.05) is 18.2 Å². The summed E-state index contributed by atoms with van der Waals surface area (Å²) in [5.41, 5.74) is 6.21. The summed E-state index contributed by atoms with van der Waals surface area (Å²) in [4.78, 5) is 10.5. The van der Waals surface area contributed by atoms with E-state index in [9.17, 15) is 9.90 Å². The number of carbonyl (C=O) groups is 1. The molecular weight excluding hydrogens is 170 g/mol. The minimum Gasteiger partial charge on any atom is -0.507 e. The molecule has 4 nitrogen and oxygen atoms in total. The highest BCUT2D eigenvalue weighted by Gasteiger charge is 2.18. The Bertz CT molecular complexity index is 336. The highest BCUT2D eigenvalue weighted by atomic mass is 16.4. The van der Waals surface area contributed by atoms with Crippen molar-refractivity contribution in [2.75, 3.05) is 0 Å². The Morgan fingerprint density at radius 2 is 2.15 bits per heavy atom. The monoisotopic (exact) mass is 181 g/mol. The topological polar surface area (TPSA) is 83.6 Å². The van der Waals surface area contributed by atoms with Crippen molar-refractivity contribution in [1.82, 2.24) is 0 Å². The Morgan fingerprint density at radius 3 is 2.69 bits per heavy atom. The molecule has 0 aliphatic carbocycles. The van der Waals surface area contributed by atoms with E-state index in [4.69, 9.17) is 10.8 Å². The molecule has 1 unspecified atom stereocenters. The van der Waals surface area contributed by atoms with Crippen LogP contribution in [0, 0.1) is 6.92 Å². The van der Waals surface area contributed by atoms with Gasteiger partial charge in [0.1, 0.15) is 11.8 Å². The van der Waals surface area contributed by atoms with Gasteiger partial charge in [-0.15, -0.1) is 0 Å². The second-order valence-electron chi connectivity index (χ2n) is 2.83. The second kappa shape index (κ2) is 3.45. The molecule has 0 radical (unpaired) electrons. The fourth-order valence-corrected chi connectivity index (χ4v) is 1.07. The number of phenolic OH excluding ortho intramolecular Hbond substituents is 1. The van der Waals surface area contributed by atoms with Crippen molar-refractivity contribution in [2.45, 2.75) is 13.0 Å². The quantitative estimate of drug-likeness (QED) is 0.629. The first-order valence-electron chi connectivity index (χ1n) is 3.81. The molecule has 1 rings (SSSR count). The van der Waals surface area contributed by atoms with Gasteiger partial charge in [0.05, 0.1) is 0 Å². The molecule has 0 aromatic heterocycles. The standard InChI is InChI=1S/C9H11NO3/c1-5-3-2-4-6(8(5)11)7(10)9(12)13/h2-4,7,11H,10H2,1H3,(H,12,13). The lowest BCUT2D eigenvalue weighted by Gasteiger charge is -2.10. The second-order valence-corrected chi connectivity index (χ2v) is 2.83. The van der Waals surface area contributed by atoms with Gasteiger partial charge in [-0.2, -0.15) is 0 Å². The van der Waals surface area contributed by atoms with Crippen molar-refractivity contribution in [1.29, 1.82) is 0 Å². The molecule has 0 saturated heterocycles. The van der Waals surface area contributed by atoms with E-state index < -0.39 is 12.0 Å². The van der Waals surface area contributed by atoms with E-state index in [0.717, 1.165) is 0 Å². The lowest BCUT2D eigenvalue weighted by atomic mass is 10.0. The van der Waals surface area contributed by atoms with Crippen molar-refractivity contribution in [3.8, 4) is 5.75 Å². The van der Waals surface area contributed by atoms with Gasteiger partial charge in [-0.3, -0.25) is 4.79 Å². The zero-order chi connectivity index (χ0) is 10.0. The molecule has 1 aromatic rings. The predicted octanol–water partition coefficient (Wildman–Crippen LogP) is 0.785. The normalized spacial score (nSPS) is 12.5. The smallest absolute Gasteiger partial charge is 0.325 e. The van der Waals surface area contributed by atoms with Gasteiger partial charge in [0, 0.05) is 5.56 Å². The molecule has 0 aliphatic heterocycles. The van der Waals surface area contributed by atoms with Crippen molar-refractivity contribution in [3.05, 3.63) is 29.3 Å². The molecule has 4 heteroatoms. The van der Waals surface area contributed by atoms with E-state index in [0.29, 0.717) is 5.56 Å². The van der Waals surface area contributed by atoms with Crippen molar-refractivity contribution < 1.29 is 15.0 Å². The number of aliphatic carboxylic acids is 1. The summed E-state index contributed by atoms with van der Waals surface area (Å²) in [6.45, 7) is 1.69. The first kappa shape index (κ1) is 9.54. The van der Waals surface area contributed by atoms with Crippen LogP contribution in [0.3, 0.4) is 0 Å². The van der Waals surface area contributed by atoms with Gasteiger partial charge in [0.15, 0.2) is 0 Å². The van der Waals surface area contributed by atoms with Gasteiger partial charge in [-0.05, 0) is 12.5 Å². The Balaban J connectivity index is 3.15. The number of para-hydroxylation sites is 1. The molecule has 0 aliphatic rings. The number of rotatable bonds is 2. The van der Waals surface area contributed by atoms with Crippen LogP contribution in [0.1, 0.15) is 17.2 Å². The summed E-state index contributed by atoms with van der Waals surface area (Å²) in [5, 5.41) is 18.1. The Hall–Kier alpha value is -1.55. The molecule has 0 spiro atoms. The molecule has 1 aromatic carbocycles. The number of hydrogen-bond donors (Lipinski definition) is 3. The number of aryl methyl sites for hydroxylation is 1. The van der Waals surface area contributed by atoms with Crippen molar-refractivity contribution >= 4 is 5.97 Å². The summed E-state index contributed by atoms with van der Waals surface area (Å²) in [6.07, 6.45) is 0. The minimum absolute atomic E-state index is 0.0441. The number of carboxylic acid groups (broad SMARTS) is 1. The van der Waals surface area contributed by atoms with Crippen molar-refractivity contribution in [3.63, 3.8) is 0 Å². The van der Waals surface area contributed by atoms with Crippen LogP contribution < -0.4 is 5.73 Å². The summed E-state index contributed by atoms with van der Waals surface area (Å²) in [6, 6.07) is 3.68. The van der Waals surface area contributed by atoms with E-state index in [1.165, 1.54) is 6.07 Å². The summed E-state index contributed by atoms with van der Waals surface area (Å²) in [7, 11) is 0. The molecule has 1 atom stereocenters. The zero-order valence-corrected chi connectivity index (χ0v) is 7.19. The first-order chi connectivity index (χ1) is 6.04. The average Bonchev–Trinajstić information content (AvgIpc) is 2.08. The lowest BCUT2D eigenvalue weighted by Crippen LogP contribution is -2.20. The predicted molar refractivity (Wildman–Crippen MR) is 47.4 cm³/mol. The molecule has 0 amide bonds. The summed E-state index contributed by atoms with van der Waals surface area (Å²) < 4.78 is 0. The molecular formula is C9H11NO3. The Kier molecular flexibility index (Phi) is 2.53. The van der Waals surface area contributed by atoms with Crippen LogP contribution >= 0.6 is 0 Å². The van der Waals surface area contributed by atoms with E-state index in [1.807, 2.05) is 0 Å². The molecule has 0 bridgehead atoms. The number of carboxylic acids is 1. The maximum atomic E-state index is 10.5. The van der Waals surface area contributed by atoms with E-state index >= 15 is 0 Å². The van der Waals surface area contributed by atoms with Crippen LogP contribution in [-0.4, -0.2) is 16.2 Å². The number of aromatic hydroxyl groups is 1. The zero-order valence-electron chi connectivity index (χ0n) is 7.19. The molecule has 0 fully saturated rings. The van der Waals surface area contributed by atoms with E-state index in [1.54, 1.807) is 19.1 Å². The molecule has 70 valence electrons. The fourth-order valence-electron chi connectivity index (χ4n) is 1.07. The number of nitrogens with two attached hydrogens (primary N) is 1. The van der Waals surface area contributed by atoms with E-state index in [2.05, 4.69) is 0 Å². The van der Waals surface area contributed by atoms with Crippen LogP contribution in [0.25, 0.3) is 0 Å². The molecule has 13 heavy (non-hydrogen) atoms. The third-order valence-electron chi connectivity index (χ3n) is 1.87. The maximum absolute atomic E-state index is 10.5. The average molecular weight is 181 g/mol. The third kappa shape index (κ3) is 1.78. The van der Waals surface area contributed by atoms with Gasteiger partial charge < -0.3 is 15.9 Å². The van der Waals surface area contributed by atoms with Crippen LogP contribution in [0.5, 0.6) is 5.75 Å². The first-order valence-corrected chi connectivity index (χ1v) is 3.81. The summed E-state index contributed by atoms with van der Waals surface area (Å²) >= 11 is 0. The highest BCUT2D eigenvalue weighted by Crippen LogP contribution is 2.25. The Morgan fingerprint density at radius 1 is 1.54 bits per heavy atom. The van der Waals surface area contributed by atoms with Crippen LogP contribution in [0.15, 0.2) is 18.2 Å². The Labute approximate surface area is 75.6 Å². The van der Waals surface area contributed by atoms with Crippen LogP contribution in [-0.2, 0) is 4.79 Å². The highest BCUT2D eigenvalue weighted by molar-refractivity contribution is 5.76.